The molecule has 0 unspecified atom stereocenters. The molecule has 0 N–H and O–H groups in total. The predicted octanol–water partition coefficient (Wildman–Crippen LogP) is 6.37. The number of hydrogen-bond donors (Lipinski definition) is 0. The molecule has 2 amide bonds. The van der Waals surface area contributed by atoms with Crippen molar-refractivity contribution >= 4 is 39.1 Å². The SMILES string of the molecule is C[C@@H]1C[C@H](N(C(=O)C2CC2)c2ccccc2)c2ccccc2N1C(=O)c1ccc(Br)cc1. The van der Waals surface area contributed by atoms with Crippen LogP contribution in [-0.2, 0) is 4.79 Å². The number of fused-ring (bicyclic) bond motifs is 1. The van der Waals surface area contributed by atoms with Gasteiger partial charge in [-0.05, 0) is 74.2 Å². The molecular weight excluding hydrogens is 464 g/mol. The van der Waals surface area contributed by atoms with Gasteiger partial charge in [0.25, 0.3) is 5.91 Å². The number of amides is 2. The molecule has 1 saturated carbocycles. The van der Waals surface area contributed by atoms with E-state index >= 15 is 0 Å². The van der Waals surface area contributed by atoms with Crippen LogP contribution in [0.4, 0.5) is 11.4 Å². The topological polar surface area (TPSA) is 40.6 Å². The van der Waals surface area contributed by atoms with Crippen LogP contribution in [-0.4, -0.2) is 17.9 Å². The molecule has 162 valence electrons. The summed E-state index contributed by atoms with van der Waals surface area (Å²) in [6.45, 7) is 2.07. The van der Waals surface area contributed by atoms with Crippen LogP contribution in [0.5, 0.6) is 0 Å². The van der Waals surface area contributed by atoms with Gasteiger partial charge in [0.05, 0.1) is 6.04 Å². The average Bonchev–Trinajstić information content (AvgIpc) is 3.66. The third-order valence-electron chi connectivity index (χ3n) is 6.38. The van der Waals surface area contributed by atoms with Gasteiger partial charge in [0.15, 0.2) is 0 Å². The highest BCUT2D eigenvalue weighted by Crippen LogP contribution is 2.45. The van der Waals surface area contributed by atoms with Crippen molar-refractivity contribution in [2.45, 2.75) is 38.3 Å². The van der Waals surface area contributed by atoms with Crippen LogP contribution in [0.15, 0.2) is 83.3 Å². The van der Waals surface area contributed by atoms with Crippen molar-refractivity contribution in [3.8, 4) is 0 Å². The van der Waals surface area contributed by atoms with Crippen LogP contribution in [0.3, 0.4) is 0 Å². The van der Waals surface area contributed by atoms with Gasteiger partial charge < -0.3 is 9.80 Å². The molecule has 0 radical (unpaired) electrons. The normalized spacial score (nSPS) is 19.9. The van der Waals surface area contributed by atoms with E-state index in [1.54, 1.807) is 0 Å². The monoisotopic (exact) mass is 488 g/mol. The first-order chi connectivity index (χ1) is 15.5. The Labute approximate surface area is 197 Å². The number of benzene rings is 3. The molecule has 4 nitrogen and oxygen atoms in total. The third kappa shape index (κ3) is 3.86. The molecule has 0 bridgehead atoms. The van der Waals surface area contributed by atoms with E-state index in [2.05, 4.69) is 28.9 Å². The van der Waals surface area contributed by atoms with Crippen LogP contribution in [0.1, 0.15) is 48.1 Å². The van der Waals surface area contributed by atoms with Gasteiger partial charge in [-0.2, -0.15) is 0 Å². The molecule has 5 heteroatoms. The number of hydrogen-bond acceptors (Lipinski definition) is 2. The van der Waals surface area contributed by atoms with E-state index in [4.69, 9.17) is 0 Å². The Morgan fingerprint density at radius 2 is 1.56 bits per heavy atom. The number of carbonyl (C=O) groups excluding carboxylic acids is 2. The summed E-state index contributed by atoms with van der Waals surface area (Å²) in [6, 6.07) is 25.3. The summed E-state index contributed by atoms with van der Waals surface area (Å²) in [7, 11) is 0. The number of carbonyl (C=O) groups is 2. The number of halogens is 1. The Morgan fingerprint density at radius 1 is 0.906 bits per heavy atom. The lowest BCUT2D eigenvalue weighted by Gasteiger charge is -2.43. The van der Waals surface area contributed by atoms with Gasteiger partial charge >= 0.3 is 0 Å². The number of anilines is 2. The summed E-state index contributed by atoms with van der Waals surface area (Å²) in [5.74, 6) is 0.284. The molecular formula is C27H25BrN2O2. The first kappa shape index (κ1) is 21.0. The minimum absolute atomic E-state index is 0.0179. The fourth-order valence-electron chi connectivity index (χ4n) is 4.64. The average molecular weight is 489 g/mol. The molecule has 2 atom stereocenters. The van der Waals surface area contributed by atoms with Crippen LogP contribution < -0.4 is 9.80 Å². The van der Waals surface area contributed by atoms with Crippen molar-refractivity contribution in [1.82, 2.24) is 0 Å². The standard InChI is InChI=1S/C27H25BrN2O2/c1-18-17-25(30(27(32)19-11-12-19)22-7-3-2-4-8-22)23-9-5-6-10-24(23)29(18)26(31)20-13-15-21(28)16-14-20/h2-10,13-16,18-19,25H,11-12,17H2,1H3/t18-,25+/m1/s1. The van der Waals surface area contributed by atoms with Gasteiger partial charge in [0, 0.05) is 33.4 Å². The largest absolute Gasteiger partial charge is 0.305 e. The number of para-hydroxylation sites is 2. The highest BCUT2D eigenvalue weighted by Gasteiger charge is 2.42. The quantitative estimate of drug-likeness (QED) is 0.427. The van der Waals surface area contributed by atoms with Crippen LogP contribution in [0, 0.1) is 5.92 Å². The smallest absolute Gasteiger partial charge is 0.258 e. The molecule has 1 fully saturated rings. The molecule has 1 heterocycles. The Balaban J connectivity index is 1.57. The van der Waals surface area contributed by atoms with E-state index in [1.165, 1.54) is 0 Å². The molecule has 0 spiro atoms. The fraction of sp³-hybridized carbons (Fsp3) is 0.259. The minimum Gasteiger partial charge on any atom is -0.305 e. The lowest BCUT2D eigenvalue weighted by Crippen LogP contribution is -2.48. The van der Waals surface area contributed by atoms with Gasteiger partial charge in [-0.25, -0.2) is 0 Å². The van der Waals surface area contributed by atoms with Crippen molar-refractivity contribution < 1.29 is 9.59 Å². The van der Waals surface area contributed by atoms with Crippen molar-refractivity contribution in [3.05, 3.63) is 94.5 Å². The number of nitrogens with zero attached hydrogens (tertiary/aromatic N) is 2. The summed E-state index contributed by atoms with van der Waals surface area (Å²) >= 11 is 3.44. The second-order valence-corrected chi connectivity index (χ2v) is 9.58. The zero-order valence-electron chi connectivity index (χ0n) is 17.9. The summed E-state index contributed by atoms with van der Waals surface area (Å²) in [4.78, 5) is 30.8. The Hall–Kier alpha value is -2.92. The zero-order valence-corrected chi connectivity index (χ0v) is 19.5. The van der Waals surface area contributed by atoms with E-state index < -0.39 is 0 Å². The highest BCUT2D eigenvalue weighted by atomic mass is 79.9. The van der Waals surface area contributed by atoms with E-state index in [-0.39, 0.29) is 29.8 Å². The first-order valence-electron chi connectivity index (χ1n) is 11.1. The predicted molar refractivity (Wildman–Crippen MR) is 131 cm³/mol. The van der Waals surface area contributed by atoms with E-state index in [0.717, 1.165) is 34.3 Å². The molecule has 0 saturated heterocycles. The maximum Gasteiger partial charge on any atom is 0.258 e. The van der Waals surface area contributed by atoms with Crippen molar-refractivity contribution in [2.75, 3.05) is 9.80 Å². The van der Waals surface area contributed by atoms with Gasteiger partial charge in [-0.1, -0.05) is 52.3 Å². The van der Waals surface area contributed by atoms with Crippen LogP contribution in [0.25, 0.3) is 0 Å². The maximum atomic E-state index is 13.5. The summed E-state index contributed by atoms with van der Waals surface area (Å²) in [6.07, 6.45) is 2.60. The fourth-order valence-corrected chi connectivity index (χ4v) is 4.91. The minimum atomic E-state index is -0.106. The second kappa shape index (κ2) is 8.55. The van der Waals surface area contributed by atoms with Crippen molar-refractivity contribution in [1.29, 1.82) is 0 Å². The summed E-state index contributed by atoms with van der Waals surface area (Å²) in [5, 5.41) is 0. The molecule has 1 aliphatic heterocycles. The highest BCUT2D eigenvalue weighted by molar-refractivity contribution is 9.10. The lowest BCUT2D eigenvalue weighted by atomic mass is 9.89. The van der Waals surface area contributed by atoms with Gasteiger partial charge in [-0.15, -0.1) is 0 Å². The second-order valence-electron chi connectivity index (χ2n) is 8.66. The van der Waals surface area contributed by atoms with Crippen molar-refractivity contribution in [3.63, 3.8) is 0 Å². The molecule has 3 aromatic carbocycles. The molecule has 32 heavy (non-hydrogen) atoms. The Morgan fingerprint density at radius 3 is 2.25 bits per heavy atom. The van der Waals surface area contributed by atoms with E-state index in [1.807, 2.05) is 82.6 Å². The number of rotatable bonds is 4. The zero-order chi connectivity index (χ0) is 22.2. The molecule has 5 rings (SSSR count). The van der Waals surface area contributed by atoms with Gasteiger partial charge in [0.1, 0.15) is 0 Å². The third-order valence-corrected chi connectivity index (χ3v) is 6.91. The van der Waals surface area contributed by atoms with Crippen LogP contribution >= 0.6 is 15.9 Å². The summed E-state index contributed by atoms with van der Waals surface area (Å²) in [5.41, 5.74) is 3.48. The molecule has 1 aliphatic carbocycles. The molecule has 0 aromatic heterocycles. The first-order valence-corrected chi connectivity index (χ1v) is 11.9. The Kier molecular flexibility index (Phi) is 5.60. The van der Waals surface area contributed by atoms with Gasteiger partial charge in [-0.3, -0.25) is 9.59 Å². The van der Waals surface area contributed by atoms with E-state index in [9.17, 15) is 9.59 Å². The van der Waals surface area contributed by atoms with Gasteiger partial charge in [0.2, 0.25) is 5.91 Å². The van der Waals surface area contributed by atoms with Crippen LogP contribution in [0.2, 0.25) is 0 Å². The molecule has 3 aromatic rings. The maximum absolute atomic E-state index is 13.5. The lowest BCUT2D eigenvalue weighted by molar-refractivity contribution is -0.120. The summed E-state index contributed by atoms with van der Waals surface area (Å²) < 4.78 is 0.943. The van der Waals surface area contributed by atoms with E-state index in [0.29, 0.717) is 12.0 Å². The van der Waals surface area contributed by atoms with Crippen molar-refractivity contribution in [2.24, 2.45) is 5.92 Å². The molecule has 2 aliphatic rings. The Bertz CT molecular complexity index is 1140.